The Kier molecular flexibility index (Phi) is 5.77. The minimum absolute atomic E-state index is 0.0591. The fraction of sp³-hybridized carbons (Fsp3) is 0.789. The van der Waals surface area contributed by atoms with Crippen LogP contribution in [0.15, 0.2) is 0 Å². The summed E-state index contributed by atoms with van der Waals surface area (Å²) in [5, 5.41) is 0. The summed E-state index contributed by atoms with van der Waals surface area (Å²) in [7, 11) is 2.73. The molecule has 1 heterocycles. The molecule has 154 valence electrons. The quantitative estimate of drug-likeness (QED) is 0.690. The monoisotopic (exact) mass is 384 g/mol. The van der Waals surface area contributed by atoms with Gasteiger partial charge in [0.15, 0.2) is 0 Å². The molecule has 27 heavy (non-hydrogen) atoms. The molecule has 0 radical (unpaired) electrons. The largest absolute Gasteiger partial charge is 0.429 e. The van der Waals surface area contributed by atoms with E-state index in [1.54, 1.807) is 48.5 Å². The maximum absolute atomic E-state index is 13.2. The Morgan fingerprint density at radius 1 is 0.852 bits per heavy atom. The van der Waals surface area contributed by atoms with Gasteiger partial charge in [-0.05, 0) is 41.5 Å². The van der Waals surface area contributed by atoms with Crippen LogP contribution >= 0.6 is 0 Å². The third kappa shape index (κ3) is 3.80. The Morgan fingerprint density at radius 3 is 1.63 bits per heavy atom. The first-order valence-corrected chi connectivity index (χ1v) is 8.98. The molecule has 1 rings (SSSR count). The van der Waals surface area contributed by atoms with Gasteiger partial charge in [0.05, 0.1) is 10.8 Å². The zero-order valence-electron chi connectivity index (χ0n) is 18.1. The number of amides is 2. The van der Waals surface area contributed by atoms with Crippen LogP contribution < -0.4 is 0 Å². The highest BCUT2D eigenvalue weighted by atomic mass is 16.6. The van der Waals surface area contributed by atoms with Gasteiger partial charge in [-0.2, -0.15) is 0 Å². The zero-order valence-corrected chi connectivity index (χ0v) is 18.1. The fourth-order valence-electron chi connectivity index (χ4n) is 2.54. The maximum atomic E-state index is 13.2. The van der Waals surface area contributed by atoms with Gasteiger partial charge in [0.1, 0.15) is 0 Å². The highest BCUT2D eigenvalue weighted by molar-refractivity contribution is 6.02. The van der Waals surface area contributed by atoms with Crippen molar-refractivity contribution in [1.82, 2.24) is 9.80 Å². The lowest BCUT2D eigenvalue weighted by atomic mass is 9.94. The molecule has 0 N–H and O–H groups in total. The normalized spacial score (nSPS) is 26.9. The number of carbonyl (C=O) groups excluding carboxylic acids is 4. The molecule has 2 unspecified atom stereocenters. The molecular formula is C19H32N2O6. The molecule has 1 aliphatic heterocycles. The predicted octanol–water partition coefficient (Wildman–Crippen LogP) is 1.92. The second-order valence-corrected chi connectivity index (χ2v) is 9.13. The molecule has 1 saturated heterocycles. The van der Waals surface area contributed by atoms with Gasteiger partial charge in [0.25, 0.3) is 23.3 Å². The minimum atomic E-state index is -1.83. The van der Waals surface area contributed by atoms with E-state index in [0.29, 0.717) is 0 Å². The summed E-state index contributed by atoms with van der Waals surface area (Å²) in [5.74, 6) is -2.51. The number of rotatable bonds is 3. The lowest BCUT2D eigenvalue weighted by molar-refractivity contribution is -0.243. The summed E-state index contributed by atoms with van der Waals surface area (Å²) < 4.78 is 11.0. The lowest BCUT2D eigenvalue weighted by Crippen LogP contribution is -2.76. The summed E-state index contributed by atoms with van der Waals surface area (Å²) in [5.41, 5.74) is -5.33. The molecule has 0 aliphatic carbocycles. The molecule has 2 atom stereocenters. The van der Waals surface area contributed by atoms with Crippen LogP contribution in [-0.2, 0) is 28.7 Å². The Bertz CT molecular complexity index is 660. The van der Waals surface area contributed by atoms with Gasteiger partial charge >= 0.3 is 11.9 Å². The molecule has 8 heteroatoms. The van der Waals surface area contributed by atoms with E-state index >= 15 is 0 Å². The highest BCUT2D eigenvalue weighted by Gasteiger charge is 2.63. The zero-order chi connectivity index (χ0) is 21.6. The van der Waals surface area contributed by atoms with Gasteiger partial charge in [0.2, 0.25) is 0 Å². The van der Waals surface area contributed by atoms with Gasteiger partial charge in [-0.3, -0.25) is 29.0 Å². The highest BCUT2D eigenvalue weighted by Crippen LogP contribution is 2.37. The van der Waals surface area contributed by atoms with Crippen molar-refractivity contribution in [2.75, 3.05) is 14.1 Å². The minimum Gasteiger partial charge on any atom is -0.429 e. The number of piperazine rings is 1. The van der Waals surface area contributed by atoms with Crippen molar-refractivity contribution in [3.8, 4) is 0 Å². The molecule has 0 spiro atoms. The molecule has 0 aromatic heterocycles. The van der Waals surface area contributed by atoms with E-state index < -0.39 is 46.0 Å². The molecule has 0 bridgehead atoms. The fourth-order valence-corrected chi connectivity index (χ4v) is 2.54. The molecule has 0 saturated carbocycles. The molecule has 2 amide bonds. The van der Waals surface area contributed by atoms with E-state index in [-0.39, 0.29) is 6.42 Å². The van der Waals surface area contributed by atoms with Crippen LogP contribution in [0.25, 0.3) is 0 Å². The van der Waals surface area contributed by atoms with Gasteiger partial charge in [0, 0.05) is 27.4 Å². The van der Waals surface area contributed by atoms with Crippen LogP contribution in [0.4, 0.5) is 0 Å². The van der Waals surface area contributed by atoms with Gasteiger partial charge in [-0.25, -0.2) is 0 Å². The smallest absolute Gasteiger partial charge is 0.313 e. The van der Waals surface area contributed by atoms with Crippen LogP contribution in [0.2, 0.25) is 0 Å². The first-order chi connectivity index (χ1) is 11.9. The number of hydrogen-bond donors (Lipinski definition) is 0. The van der Waals surface area contributed by atoms with Crippen LogP contribution in [0.1, 0.15) is 61.8 Å². The summed E-state index contributed by atoms with van der Waals surface area (Å²) in [4.78, 5) is 53.3. The van der Waals surface area contributed by atoms with Crippen molar-refractivity contribution in [3.63, 3.8) is 0 Å². The number of esters is 2. The van der Waals surface area contributed by atoms with E-state index in [0.717, 1.165) is 9.80 Å². The topological polar surface area (TPSA) is 93.2 Å². The van der Waals surface area contributed by atoms with Crippen LogP contribution in [0.5, 0.6) is 0 Å². The number of likely N-dealkylation sites (N-methyl/N-ethyl adjacent to an activating group) is 2. The summed E-state index contributed by atoms with van der Waals surface area (Å²) in [6, 6.07) is 0. The number of hydrogen-bond acceptors (Lipinski definition) is 6. The summed E-state index contributed by atoms with van der Waals surface area (Å²) in [6.45, 7) is 12.9. The predicted molar refractivity (Wildman–Crippen MR) is 98.1 cm³/mol. The third-order valence-corrected chi connectivity index (χ3v) is 4.78. The van der Waals surface area contributed by atoms with Crippen LogP contribution in [0, 0.1) is 10.8 Å². The second-order valence-electron chi connectivity index (χ2n) is 9.13. The first-order valence-electron chi connectivity index (χ1n) is 8.98. The van der Waals surface area contributed by atoms with E-state index in [1.165, 1.54) is 21.0 Å². The third-order valence-electron chi connectivity index (χ3n) is 4.78. The van der Waals surface area contributed by atoms with Crippen LogP contribution in [0.3, 0.4) is 0 Å². The SMILES string of the molecule is CCC1(OC(=O)C(C)(C)C)C(=O)N(C)C(C)(OC(=O)C(C)(C)C)C(=O)N1C. The van der Waals surface area contributed by atoms with Crippen molar-refractivity contribution < 1.29 is 28.7 Å². The summed E-state index contributed by atoms with van der Waals surface area (Å²) >= 11 is 0. The van der Waals surface area contributed by atoms with Crippen molar-refractivity contribution in [1.29, 1.82) is 0 Å². The van der Waals surface area contributed by atoms with Gasteiger partial charge in [-0.1, -0.05) is 6.92 Å². The van der Waals surface area contributed by atoms with Crippen molar-refractivity contribution in [2.24, 2.45) is 10.8 Å². The average molecular weight is 384 g/mol. The average Bonchev–Trinajstić information content (AvgIpc) is 2.53. The van der Waals surface area contributed by atoms with Crippen molar-refractivity contribution in [3.05, 3.63) is 0 Å². The van der Waals surface area contributed by atoms with Crippen molar-refractivity contribution in [2.45, 2.75) is 73.3 Å². The van der Waals surface area contributed by atoms with Crippen LogP contribution in [-0.4, -0.2) is 59.1 Å². The Morgan fingerprint density at radius 2 is 1.26 bits per heavy atom. The first kappa shape index (κ1) is 22.9. The molecular weight excluding hydrogens is 352 g/mol. The van der Waals surface area contributed by atoms with Gasteiger partial charge < -0.3 is 9.47 Å². The van der Waals surface area contributed by atoms with Crippen molar-refractivity contribution >= 4 is 23.8 Å². The Labute approximate surface area is 161 Å². The van der Waals surface area contributed by atoms with E-state index in [1.807, 2.05) is 0 Å². The number of ether oxygens (including phenoxy) is 2. The van der Waals surface area contributed by atoms with E-state index in [9.17, 15) is 19.2 Å². The molecule has 0 aromatic carbocycles. The summed E-state index contributed by atoms with van der Waals surface area (Å²) in [6.07, 6.45) is 0.0591. The van der Waals surface area contributed by atoms with E-state index in [4.69, 9.17) is 9.47 Å². The Hall–Kier alpha value is -2.12. The Balaban J connectivity index is 3.37. The molecule has 1 aliphatic rings. The molecule has 8 nitrogen and oxygen atoms in total. The maximum Gasteiger partial charge on any atom is 0.313 e. The molecule has 1 fully saturated rings. The second kappa shape index (κ2) is 6.80. The number of carbonyl (C=O) groups is 4. The molecule has 0 aromatic rings. The standard InChI is InChI=1S/C19H32N2O6/c1-11-19(27-15(25)17(5,6)7)13(23)20(9)18(8,12(22)21(19)10)26-14(24)16(2,3)4/h11H2,1-10H3. The lowest BCUT2D eigenvalue weighted by Gasteiger charge is -2.52. The number of nitrogens with zero attached hydrogens (tertiary/aromatic N) is 2. The van der Waals surface area contributed by atoms with Gasteiger partial charge in [-0.15, -0.1) is 0 Å². The van der Waals surface area contributed by atoms with E-state index in [2.05, 4.69) is 0 Å².